The number of ether oxygens (including phenoxy) is 2. The van der Waals surface area contributed by atoms with Crippen LogP contribution in [0.25, 0.3) is 0 Å². The van der Waals surface area contributed by atoms with Crippen molar-refractivity contribution in [2.75, 3.05) is 7.11 Å². The van der Waals surface area contributed by atoms with E-state index in [-0.39, 0.29) is 11.9 Å². The molecular weight excluding hydrogens is 512 g/mol. The highest BCUT2D eigenvalue weighted by Crippen LogP contribution is 2.21. The average Bonchev–Trinajstić information content (AvgIpc) is 2.95. The van der Waals surface area contributed by atoms with Gasteiger partial charge in [-0.25, -0.2) is 20.2 Å². The second kappa shape index (κ2) is 13.3. The van der Waals surface area contributed by atoms with Gasteiger partial charge in [-0.15, -0.1) is 0 Å². The van der Waals surface area contributed by atoms with E-state index < -0.39 is 0 Å². The predicted octanol–water partition coefficient (Wildman–Crippen LogP) is 5.52. The summed E-state index contributed by atoms with van der Waals surface area (Å²) in [6, 6.07) is 23.7. The van der Waals surface area contributed by atoms with Crippen LogP contribution in [0.3, 0.4) is 0 Å². The van der Waals surface area contributed by atoms with Crippen molar-refractivity contribution in [2.24, 2.45) is 5.10 Å². The first-order chi connectivity index (χ1) is 18.9. The quantitative estimate of drug-likeness (QED) is 0.0929. The molecule has 8 nitrogen and oxygen atoms in total. The van der Waals surface area contributed by atoms with Crippen LogP contribution >= 0.6 is 11.8 Å². The highest BCUT2D eigenvalue weighted by atomic mass is 32.2. The molecule has 9 heteroatoms. The Bertz CT molecular complexity index is 1450. The Kier molecular flexibility index (Phi) is 9.42. The van der Waals surface area contributed by atoms with E-state index in [0.29, 0.717) is 34.8 Å². The highest BCUT2D eigenvalue weighted by Gasteiger charge is 2.08. The van der Waals surface area contributed by atoms with Crippen LogP contribution < -0.4 is 10.2 Å². The van der Waals surface area contributed by atoms with E-state index in [4.69, 9.17) is 9.47 Å². The molecule has 1 amide bonds. The van der Waals surface area contributed by atoms with E-state index in [0.717, 1.165) is 27.7 Å². The number of nitrogens with zero attached hydrogens (tertiary/aromatic N) is 3. The molecule has 0 aliphatic carbocycles. The molecule has 3 aromatic carbocycles. The van der Waals surface area contributed by atoms with Crippen LogP contribution in [0.15, 0.2) is 89.1 Å². The van der Waals surface area contributed by atoms with Crippen molar-refractivity contribution in [3.05, 3.63) is 118 Å². The summed E-state index contributed by atoms with van der Waals surface area (Å²) in [5.74, 6) is 0.619. The number of hydrogen-bond acceptors (Lipinski definition) is 8. The van der Waals surface area contributed by atoms with Crippen molar-refractivity contribution < 1.29 is 19.1 Å². The molecule has 0 atom stereocenters. The van der Waals surface area contributed by atoms with Crippen molar-refractivity contribution in [2.45, 2.75) is 31.4 Å². The molecule has 0 aliphatic rings. The molecule has 0 radical (unpaired) electrons. The van der Waals surface area contributed by atoms with Crippen LogP contribution in [0.2, 0.25) is 0 Å². The number of aryl methyl sites for hydroxylation is 2. The number of hydrogen-bond donors (Lipinski definition) is 1. The standard InChI is InChI=1S/C30H28N4O4S/c1-20-16-21(2)33-30(32-20)39-19-23-10-12-24(13-11-23)28(35)34-31-17-26-6-4-5-7-27(26)38-18-22-8-14-25(15-9-22)29(36)37-3/h4-17H,18-19H2,1-3H3,(H,34,35)/b31-17+. The fourth-order valence-electron chi connectivity index (χ4n) is 3.62. The predicted molar refractivity (Wildman–Crippen MR) is 151 cm³/mol. The summed E-state index contributed by atoms with van der Waals surface area (Å²) < 4.78 is 10.7. The summed E-state index contributed by atoms with van der Waals surface area (Å²) in [5, 5.41) is 4.85. The molecule has 0 saturated heterocycles. The first-order valence-electron chi connectivity index (χ1n) is 12.2. The van der Waals surface area contributed by atoms with Crippen molar-refractivity contribution >= 4 is 29.9 Å². The molecule has 1 heterocycles. The Labute approximate surface area is 231 Å². The monoisotopic (exact) mass is 540 g/mol. The Morgan fingerprint density at radius 1 is 0.897 bits per heavy atom. The fraction of sp³-hybridized carbons (Fsp3) is 0.167. The lowest BCUT2D eigenvalue weighted by molar-refractivity contribution is 0.0600. The van der Waals surface area contributed by atoms with E-state index >= 15 is 0 Å². The first kappa shape index (κ1) is 27.5. The van der Waals surface area contributed by atoms with Gasteiger partial charge in [-0.3, -0.25) is 4.79 Å². The molecule has 39 heavy (non-hydrogen) atoms. The van der Waals surface area contributed by atoms with Gasteiger partial charge in [0.05, 0.1) is 18.9 Å². The van der Waals surface area contributed by atoms with Crippen molar-refractivity contribution in [3.8, 4) is 5.75 Å². The molecule has 198 valence electrons. The minimum absolute atomic E-state index is 0.304. The van der Waals surface area contributed by atoms with Gasteiger partial charge in [-0.05, 0) is 67.4 Å². The Hall–Kier alpha value is -4.50. The molecule has 4 rings (SSSR count). The van der Waals surface area contributed by atoms with Gasteiger partial charge in [0.25, 0.3) is 5.91 Å². The van der Waals surface area contributed by atoms with Crippen LogP contribution in [0.1, 0.15) is 48.8 Å². The van der Waals surface area contributed by atoms with Gasteiger partial charge in [-0.1, -0.05) is 48.2 Å². The third kappa shape index (κ3) is 7.99. The van der Waals surface area contributed by atoms with E-state index in [1.807, 2.05) is 68.4 Å². The van der Waals surface area contributed by atoms with Gasteiger partial charge >= 0.3 is 5.97 Å². The SMILES string of the molecule is COC(=O)c1ccc(COc2ccccc2/C=N/NC(=O)c2ccc(CSc3nc(C)cc(C)n3)cc2)cc1. The molecule has 0 spiro atoms. The summed E-state index contributed by atoms with van der Waals surface area (Å²) in [4.78, 5) is 33.1. The summed E-state index contributed by atoms with van der Waals surface area (Å²) >= 11 is 1.56. The molecule has 1 aromatic heterocycles. The number of benzene rings is 3. The summed E-state index contributed by atoms with van der Waals surface area (Å²) in [7, 11) is 1.35. The van der Waals surface area contributed by atoms with Crippen molar-refractivity contribution in [1.29, 1.82) is 0 Å². The van der Waals surface area contributed by atoms with Crippen LogP contribution in [0, 0.1) is 13.8 Å². The third-order valence-electron chi connectivity index (χ3n) is 5.60. The van der Waals surface area contributed by atoms with E-state index in [1.165, 1.54) is 7.11 Å². The Morgan fingerprint density at radius 2 is 1.54 bits per heavy atom. The minimum atomic E-state index is -0.385. The van der Waals surface area contributed by atoms with E-state index in [2.05, 4.69) is 20.5 Å². The fourth-order valence-corrected chi connectivity index (χ4v) is 4.52. The summed E-state index contributed by atoms with van der Waals surface area (Å²) in [6.45, 7) is 4.21. The Morgan fingerprint density at radius 3 is 2.23 bits per heavy atom. The van der Waals surface area contributed by atoms with Gasteiger partial charge in [0, 0.05) is 28.3 Å². The lowest BCUT2D eigenvalue weighted by atomic mass is 10.1. The molecule has 1 N–H and O–H groups in total. The topological polar surface area (TPSA) is 103 Å². The minimum Gasteiger partial charge on any atom is -0.488 e. The number of para-hydroxylation sites is 1. The smallest absolute Gasteiger partial charge is 0.337 e. The average molecular weight is 541 g/mol. The molecule has 0 bridgehead atoms. The van der Waals surface area contributed by atoms with Crippen LogP contribution in [-0.2, 0) is 17.1 Å². The van der Waals surface area contributed by atoms with Gasteiger partial charge in [0.2, 0.25) is 0 Å². The van der Waals surface area contributed by atoms with Crippen LogP contribution in [0.4, 0.5) is 0 Å². The maximum absolute atomic E-state index is 12.6. The lowest BCUT2D eigenvalue weighted by Crippen LogP contribution is -2.17. The van der Waals surface area contributed by atoms with Gasteiger partial charge in [-0.2, -0.15) is 5.10 Å². The molecule has 0 fully saturated rings. The molecular formula is C30H28N4O4S. The molecule has 0 saturated carbocycles. The zero-order valence-electron chi connectivity index (χ0n) is 21.9. The Balaban J connectivity index is 1.30. The van der Waals surface area contributed by atoms with Crippen LogP contribution in [-0.4, -0.2) is 35.2 Å². The van der Waals surface area contributed by atoms with Crippen molar-refractivity contribution in [1.82, 2.24) is 15.4 Å². The number of nitrogens with one attached hydrogen (secondary N) is 1. The maximum Gasteiger partial charge on any atom is 0.337 e. The van der Waals surface area contributed by atoms with E-state index in [9.17, 15) is 9.59 Å². The number of hydrazone groups is 1. The number of carbonyl (C=O) groups is 2. The number of thioether (sulfide) groups is 1. The first-order valence-corrected chi connectivity index (χ1v) is 13.2. The lowest BCUT2D eigenvalue weighted by Gasteiger charge is -2.09. The second-order valence-corrected chi connectivity index (χ2v) is 9.58. The number of amides is 1. The number of methoxy groups -OCH3 is 1. The number of carbonyl (C=O) groups excluding carboxylic acids is 2. The second-order valence-electron chi connectivity index (χ2n) is 8.63. The number of esters is 1. The summed E-state index contributed by atoms with van der Waals surface area (Å²) in [5.41, 5.74) is 8.10. The normalized spacial score (nSPS) is 10.8. The largest absolute Gasteiger partial charge is 0.488 e. The van der Waals surface area contributed by atoms with Gasteiger partial charge in [0.1, 0.15) is 12.4 Å². The van der Waals surface area contributed by atoms with Gasteiger partial charge in [0.15, 0.2) is 5.16 Å². The maximum atomic E-state index is 12.6. The molecule has 0 aliphatic heterocycles. The van der Waals surface area contributed by atoms with Crippen molar-refractivity contribution in [3.63, 3.8) is 0 Å². The zero-order chi connectivity index (χ0) is 27.6. The molecule has 4 aromatic rings. The third-order valence-corrected chi connectivity index (χ3v) is 6.52. The van der Waals surface area contributed by atoms with Crippen LogP contribution in [0.5, 0.6) is 5.75 Å². The number of aromatic nitrogens is 2. The zero-order valence-corrected chi connectivity index (χ0v) is 22.7. The molecule has 0 unspecified atom stereocenters. The number of rotatable bonds is 10. The highest BCUT2D eigenvalue weighted by molar-refractivity contribution is 7.98. The van der Waals surface area contributed by atoms with Gasteiger partial charge < -0.3 is 9.47 Å². The summed E-state index contributed by atoms with van der Waals surface area (Å²) in [6.07, 6.45) is 1.54. The van der Waals surface area contributed by atoms with E-state index in [1.54, 1.807) is 42.2 Å².